The van der Waals surface area contributed by atoms with Crippen molar-refractivity contribution in [3.63, 3.8) is 0 Å². The summed E-state index contributed by atoms with van der Waals surface area (Å²) in [5.41, 5.74) is -0.499. The summed E-state index contributed by atoms with van der Waals surface area (Å²) in [5, 5.41) is 18.4. The normalized spacial score (nSPS) is 19.6. The molecular weight excluding hydrogens is 298 g/mol. The number of nitrogens with zero attached hydrogens (tertiary/aromatic N) is 2. The lowest BCUT2D eigenvalue weighted by Gasteiger charge is -2.29. The molecule has 21 heavy (non-hydrogen) atoms. The highest BCUT2D eigenvalue weighted by Crippen LogP contribution is 2.40. The van der Waals surface area contributed by atoms with Crippen molar-refractivity contribution in [1.29, 1.82) is 0 Å². The van der Waals surface area contributed by atoms with Crippen molar-refractivity contribution in [2.24, 2.45) is 0 Å². The number of rotatable bonds is 2. The first-order chi connectivity index (χ1) is 9.60. The second-order valence-corrected chi connectivity index (χ2v) is 5.04. The average molecular weight is 310 g/mol. The van der Waals surface area contributed by atoms with Crippen LogP contribution in [-0.4, -0.2) is 33.1 Å². The van der Waals surface area contributed by atoms with Gasteiger partial charge in [0.2, 0.25) is 11.7 Å². The standard InChI is InChI=1S/C11H12BF5N2O2/c13-10(14)3-1-6(2-4-10)8-7(12(20)21)5-18-9(19-8)11(15,16)17/h5-6,20-21H,1-4H2. The number of aromatic nitrogens is 2. The zero-order valence-electron chi connectivity index (χ0n) is 10.7. The van der Waals surface area contributed by atoms with Crippen LogP contribution >= 0.6 is 0 Å². The molecule has 1 aliphatic carbocycles. The Kier molecular flexibility index (Phi) is 4.20. The van der Waals surface area contributed by atoms with E-state index in [1.807, 2.05) is 0 Å². The van der Waals surface area contributed by atoms with E-state index in [1.165, 1.54) is 0 Å². The molecular formula is C11H12BF5N2O2. The molecule has 0 amide bonds. The molecule has 1 aromatic rings. The fraction of sp³-hybridized carbons (Fsp3) is 0.636. The van der Waals surface area contributed by atoms with Gasteiger partial charge in [0.1, 0.15) is 0 Å². The van der Waals surface area contributed by atoms with Crippen LogP contribution in [0.4, 0.5) is 22.0 Å². The van der Waals surface area contributed by atoms with Gasteiger partial charge in [-0.05, 0) is 12.8 Å². The topological polar surface area (TPSA) is 66.2 Å². The number of hydrogen-bond donors (Lipinski definition) is 2. The number of halogens is 5. The van der Waals surface area contributed by atoms with Gasteiger partial charge in [-0.2, -0.15) is 13.2 Å². The third-order valence-electron chi connectivity index (χ3n) is 3.48. The predicted molar refractivity (Wildman–Crippen MR) is 63.0 cm³/mol. The first-order valence-corrected chi connectivity index (χ1v) is 6.28. The average Bonchev–Trinajstić information content (AvgIpc) is 2.37. The molecule has 0 radical (unpaired) electrons. The summed E-state index contributed by atoms with van der Waals surface area (Å²) in [6, 6.07) is 0. The Morgan fingerprint density at radius 3 is 2.24 bits per heavy atom. The van der Waals surface area contributed by atoms with E-state index in [4.69, 9.17) is 0 Å². The minimum Gasteiger partial charge on any atom is -0.423 e. The first kappa shape index (κ1) is 16.1. The molecule has 0 spiro atoms. The van der Waals surface area contributed by atoms with E-state index in [9.17, 15) is 32.0 Å². The molecule has 1 saturated carbocycles. The van der Waals surface area contributed by atoms with Crippen LogP contribution in [0.1, 0.15) is 43.1 Å². The van der Waals surface area contributed by atoms with Crippen molar-refractivity contribution in [2.45, 2.75) is 43.7 Å². The quantitative estimate of drug-likeness (QED) is 0.641. The second-order valence-electron chi connectivity index (χ2n) is 5.04. The van der Waals surface area contributed by atoms with Crippen molar-refractivity contribution in [3.8, 4) is 0 Å². The zero-order valence-corrected chi connectivity index (χ0v) is 10.7. The lowest BCUT2D eigenvalue weighted by atomic mass is 9.74. The van der Waals surface area contributed by atoms with E-state index in [0.717, 1.165) is 0 Å². The summed E-state index contributed by atoms with van der Waals surface area (Å²) < 4.78 is 64.1. The fourth-order valence-electron chi connectivity index (χ4n) is 2.38. The number of hydrogen-bond acceptors (Lipinski definition) is 4. The van der Waals surface area contributed by atoms with Gasteiger partial charge in [0.15, 0.2) is 0 Å². The molecule has 1 aromatic heterocycles. The molecule has 0 unspecified atom stereocenters. The third kappa shape index (κ3) is 3.68. The lowest BCUT2D eigenvalue weighted by molar-refractivity contribution is -0.145. The summed E-state index contributed by atoms with van der Waals surface area (Å²) in [7, 11) is -2.05. The highest BCUT2D eigenvalue weighted by atomic mass is 19.4. The Bertz CT molecular complexity index is 514. The molecule has 4 nitrogen and oxygen atoms in total. The van der Waals surface area contributed by atoms with Crippen LogP contribution in [0.15, 0.2) is 6.20 Å². The van der Waals surface area contributed by atoms with E-state index in [1.54, 1.807) is 0 Å². The van der Waals surface area contributed by atoms with Gasteiger partial charge in [0.05, 0.1) is 0 Å². The van der Waals surface area contributed by atoms with Crippen molar-refractivity contribution in [1.82, 2.24) is 9.97 Å². The van der Waals surface area contributed by atoms with Crippen LogP contribution < -0.4 is 5.46 Å². The lowest BCUT2D eigenvalue weighted by Crippen LogP contribution is -2.38. The Morgan fingerprint density at radius 2 is 1.76 bits per heavy atom. The van der Waals surface area contributed by atoms with E-state index in [2.05, 4.69) is 9.97 Å². The molecule has 0 aliphatic heterocycles. The van der Waals surface area contributed by atoms with Crippen molar-refractivity contribution in [2.75, 3.05) is 0 Å². The highest BCUT2D eigenvalue weighted by molar-refractivity contribution is 6.59. The Labute approximate surface area is 117 Å². The minimum atomic E-state index is -4.79. The van der Waals surface area contributed by atoms with Gasteiger partial charge in [-0.25, -0.2) is 18.7 Å². The maximum Gasteiger partial charge on any atom is 0.491 e. The van der Waals surface area contributed by atoms with Gasteiger partial charge < -0.3 is 10.0 Å². The summed E-state index contributed by atoms with van der Waals surface area (Å²) >= 11 is 0. The van der Waals surface area contributed by atoms with E-state index in [-0.39, 0.29) is 24.0 Å². The van der Waals surface area contributed by atoms with Crippen LogP contribution in [0.3, 0.4) is 0 Å². The Balaban J connectivity index is 2.36. The molecule has 0 aromatic carbocycles. The third-order valence-corrected chi connectivity index (χ3v) is 3.48. The van der Waals surface area contributed by atoms with E-state index >= 15 is 0 Å². The Morgan fingerprint density at radius 1 is 1.19 bits per heavy atom. The van der Waals surface area contributed by atoms with Crippen molar-refractivity contribution < 1.29 is 32.0 Å². The summed E-state index contributed by atoms with van der Waals surface area (Å²) in [6.45, 7) is 0. The zero-order chi connectivity index (χ0) is 15.8. The molecule has 10 heteroatoms. The van der Waals surface area contributed by atoms with Crippen LogP contribution in [0.2, 0.25) is 0 Å². The van der Waals surface area contributed by atoms with Crippen LogP contribution in [0, 0.1) is 0 Å². The molecule has 116 valence electrons. The first-order valence-electron chi connectivity index (χ1n) is 6.28. The van der Waals surface area contributed by atoms with Gasteiger partial charge in [0.25, 0.3) is 0 Å². The molecule has 0 bridgehead atoms. The smallest absolute Gasteiger partial charge is 0.423 e. The predicted octanol–water partition coefficient (Wildman–Crippen LogP) is 1.47. The molecule has 2 rings (SSSR count). The molecule has 2 N–H and O–H groups in total. The van der Waals surface area contributed by atoms with Crippen LogP contribution in [0.25, 0.3) is 0 Å². The number of alkyl halides is 5. The molecule has 1 heterocycles. The van der Waals surface area contributed by atoms with Gasteiger partial charge in [-0.15, -0.1) is 0 Å². The van der Waals surface area contributed by atoms with Gasteiger partial charge in [-0.1, -0.05) is 0 Å². The second kappa shape index (κ2) is 5.49. The minimum absolute atomic E-state index is 0.0684. The molecule has 1 fully saturated rings. The van der Waals surface area contributed by atoms with Gasteiger partial charge in [-0.3, -0.25) is 0 Å². The molecule has 0 atom stereocenters. The monoisotopic (exact) mass is 310 g/mol. The summed E-state index contributed by atoms with van der Waals surface area (Å²) in [4.78, 5) is 6.39. The van der Waals surface area contributed by atoms with Crippen LogP contribution in [-0.2, 0) is 6.18 Å². The van der Waals surface area contributed by atoms with Gasteiger partial charge in [0, 0.05) is 36.1 Å². The Hall–Kier alpha value is -1.29. The highest BCUT2D eigenvalue weighted by Gasteiger charge is 2.40. The maximum atomic E-state index is 13.1. The van der Waals surface area contributed by atoms with Crippen LogP contribution in [0.5, 0.6) is 0 Å². The summed E-state index contributed by atoms with van der Waals surface area (Å²) in [5.74, 6) is -4.93. The van der Waals surface area contributed by atoms with E-state index in [0.29, 0.717) is 6.20 Å². The fourth-order valence-corrected chi connectivity index (χ4v) is 2.38. The molecule has 0 saturated heterocycles. The maximum absolute atomic E-state index is 13.1. The largest absolute Gasteiger partial charge is 0.491 e. The molecule has 1 aliphatic rings. The SMILES string of the molecule is OB(O)c1cnc(C(F)(F)F)nc1C1CCC(F)(F)CC1. The van der Waals surface area contributed by atoms with Crippen molar-refractivity contribution in [3.05, 3.63) is 17.7 Å². The summed E-state index contributed by atoms with van der Waals surface area (Å²) in [6.07, 6.45) is -5.18. The van der Waals surface area contributed by atoms with E-state index < -0.39 is 43.8 Å². The van der Waals surface area contributed by atoms with Crippen molar-refractivity contribution >= 4 is 12.6 Å². The van der Waals surface area contributed by atoms with Gasteiger partial charge >= 0.3 is 13.3 Å².